The average molecular weight is 310 g/mol. The number of benzene rings is 1. The summed E-state index contributed by atoms with van der Waals surface area (Å²) in [6.07, 6.45) is 5.12. The zero-order valence-corrected chi connectivity index (χ0v) is 12.4. The van der Waals surface area contributed by atoms with Gasteiger partial charge in [-0.1, -0.05) is 12.1 Å². The molecule has 0 amide bonds. The van der Waals surface area contributed by atoms with Gasteiger partial charge in [-0.25, -0.2) is 4.98 Å². The van der Waals surface area contributed by atoms with Gasteiger partial charge < -0.3 is 14.5 Å². The van der Waals surface area contributed by atoms with Gasteiger partial charge in [0.1, 0.15) is 24.4 Å². The van der Waals surface area contributed by atoms with E-state index in [2.05, 4.69) is 15.1 Å². The van der Waals surface area contributed by atoms with Crippen molar-refractivity contribution in [3.05, 3.63) is 46.1 Å². The van der Waals surface area contributed by atoms with E-state index in [4.69, 9.17) is 9.47 Å². The summed E-state index contributed by atoms with van der Waals surface area (Å²) in [5.41, 5.74) is 1.28. The molecule has 0 atom stereocenters. The second kappa shape index (κ2) is 5.28. The summed E-state index contributed by atoms with van der Waals surface area (Å²) in [4.78, 5) is 19.1. The lowest BCUT2D eigenvalue weighted by molar-refractivity contribution is 0.171. The number of fused-ring (bicyclic) bond motifs is 2. The Morgan fingerprint density at radius 3 is 2.91 bits per heavy atom. The molecular weight excluding hydrogens is 296 g/mol. The summed E-state index contributed by atoms with van der Waals surface area (Å²) < 4.78 is 12.6. The van der Waals surface area contributed by atoms with Gasteiger partial charge in [-0.05, 0) is 23.8 Å². The van der Waals surface area contributed by atoms with Gasteiger partial charge in [0.25, 0.3) is 5.56 Å². The third kappa shape index (κ3) is 2.46. The highest BCUT2D eigenvalue weighted by molar-refractivity contribution is 5.75. The number of nitrogens with one attached hydrogen (secondary N) is 1. The highest BCUT2D eigenvalue weighted by atomic mass is 16.6. The van der Waals surface area contributed by atoms with Gasteiger partial charge in [-0.2, -0.15) is 5.10 Å². The van der Waals surface area contributed by atoms with Gasteiger partial charge >= 0.3 is 0 Å². The number of hydrogen-bond donors (Lipinski definition) is 1. The van der Waals surface area contributed by atoms with Crippen LogP contribution in [0.1, 0.15) is 11.4 Å². The van der Waals surface area contributed by atoms with Crippen LogP contribution >= 0.6 is 0 Å². The van der Waals surface area contributed by atoms with E-state index < -0.39 is 0 Å². The van der Waals surface area contributed by atoms with Crippen molar-refractivity contribution in [2.24, 2.45) is 7.05 Å². The minimum absolute atomic E-state index is 0.204. The third-order valence-corrected chi connectivity index (χ3v) is 3.62. The van der Waals surface area contributed by atoms with E-state index in [0.717, 1.165) is 17.1 Å². The van der Waals surface area contributed by atoms with Crippen molar-refractivity contribution < 1.29 is 9.47 Å². The summed E-state index contributed by atoms with van der Waals surface area (Å²) in [6, 6.07) is 5.69. The van der Waals surface area contributed by atoms with Crippen molar-refractivity contribution in [2.45, 2.75) is 0 Å². The molecule has 0 fully saturated rings. The Kier molecular flexibility index (Phi) is 3.11. The second-order valence-electron chi connectivity index (χ2n) is 5.19. The number of nitrogens with zero attached hydrogens (tertiary/aromatic N) is 3. The molecule has 3 aromatic rings. The quantitative estimate of drug-likeness (QED) is 0.777. The van der Waals surface area contributed by atoms with Crippen LogP contribution in [-0.4, -0.2) is 33.0 Å². The van der Waals surface area contributed by atoms with E-state index in [1.807, 2.05) is 24.3 Å². The molecule has 3 heterocycles. The van der Waals surface area contributed by atoms with Gasteiger partial charge in [-0.15, -0.1) is 0 Å². The standard InChI is InChI=1S/C16H14N4O3/c1-20-15-11(9-17-20)16(21)19-14(18-15)5-3-10-2-4-12-13(8-10)23-7-6-22-12/h2-5,8-9H,6-7H2,1H3,(H,18,19,21)/b5-3-. The van der Waals surface area contributed by atoms with Crippen molar-refractivity contribution in [1.82, 2.24) is 19.7 Å². The maximum Gasteiger partial charge on any atom is 0.262 e. The zero-order chi connectivity index (χ0) is 15.8. The Morgan fingerprint density at radius 2 is 2.04 bits per heavy atom. The SMILES string of the molecule is Cn1ncc2c(=O)[nH]c(/C=C\c3ccc4c(c3)OCCO4)nc21. The predicted molar refractivity (Wildman–Crippen MR) is 85.5 cm³/mol. The lowest BCUT2D eigenvalue weighted by atomic mass is 10.2. The molecule has 4 rings (SSSR count). The average Bonchev–Trinajstić information content (AvgIpc) is 2.95. The summed E-state index contributed by atoms with van der Waals surface area (Å²) in [5.74, 6) is 1.94. The number of ether oxygens (including phenoxy) is 2. The highest BCUT2D eigenvalue weighted by Crippen LogP contribution is 2.31. The van der Waals surface area contributed by atoms with E-state index in [9.17, 15) is 4.79 Å². The normalized spacial score (nSPS) is 13.8. The molecule has 7 heteroatoms. The molecule has 0 aliphatic carbocycles. The fraction of sp³-hybridized carbons (Fsp3) is 0.188. The first-order valence-electron chi connectivity index (χ1n) is 7.20. The van der Waals surface area contributed by atoms with Gasteiger partial charge in [0.05, 0.1) is 6.20 Å². The van der Waals surface area contributed by atoms with Crippen molar-refractivity contribution in [1.29, 1.82) is 0 Å². The van der Waals surface area contributed by atoms with Crippen molar-refractivity contribution in [3.63, 3.8) is 0 Å². The van der Waals surface area contributed by atoms with Crippen LogP contribution in [-0.2, 0) is 7.05 Å². The molecular formula is C16H14N4O3. The number of hydrogen-bond acceptors (Lipinski definition) is 5. The molecule has 1 aromatic carbocycles. The Hall–Kier alpha value is -3.09. The van der Waals surface area contributed by atoms with Crippen molar-refractivity contribution >= 4 is 23.2 Å². The molecule has 23 heavy (non-hydrogen) atoms. The Balaban J connectivity index is 1.68. The summed E-state index contributed by atoms with van der Waals surface area (Å²) >= 11 is 0. The van der Waals surface area contributed by atoms with E-state index in [1.54, 1.807) is 17.8 Å². The number of rotatable bonds is 2. The van der Waals surface area contributed by atoms with Crippen molar-refractivity contribution in [2.75, 3.05) is 13.2 Å². The summed E-state index contributed by atoms with van der Waals surface area (Å²) in [7, 11) is 1.75. The van der Waals surface area contributed by atoms with Gasteiger partial charge in [0, 0.05) is 7.05 Å². The number of H-pyrrole nitrogens is 1. The van der Waals surface area contributed by atoms with Gasteiger partial charge in [-0.3, -0.25) is 9.48 Å². The fourth-order valence-electron chi connectivity index (χ4n) is 2.47. The van der Waals surface area contributed by atoms with Crippen LogP contribution in [0.15, 0.2) is 29.2 Å². The lowest BCUT2D eigenvalue weighted by Crippen LogP contribution is -2.15. The van der Waals surface area contributed by atoms with Crippen LogP contribution in [0.25, 0.3) is 23.2 Å². The monoisotopic (exact) mass is 310 g/mol. The molecule has 0 spiro atoms. The van der Waals surface area contributed by atoms with Gasteiger partial charge in [0.15, 0.2) is 17.1 Å². The van der Waals surface area contributed by atoms with Crippen LogP contribution in [0, 0.1) is 0 Å². The Bertz CT molecular complexity index is 971. The zero-order valence-electron chi connectivity index (χ0n) is 12.4. The van der Waals surface area contributed by atoms with Crippen molar-refractivity contribution in [3.8, 4) is 11.5 Å². The van der Waals surface area contributed by atoms with E-state index >= 15 is 0 Å². The highest BCUT2D eigenvalue weighted by Gasteiger charge is 2.11. The number of aromatic amines is 1. The molecule has 1 N–H and O–H groups in total. The molecule has 116 valence electrons. The first-order valence-corrected chi connectivity index (χ1v) is 7.20. The van der Waals surface area contributed by atoms with E-state index in [-0.39, 0.29) is 5.56 Å². The second-order valence-corrected chi connectivity index (χ2v) is 5.19. The van der Waals surface area contributed by atoms with Gasteiger partial charge in [0.2, 0.25) is 0 Å². The largest absolute Gasteiger partial charge is 0.486 e. The molecule has 0 saturated carbocycles. The van der Waals surface area contributed by atoms with Crippen LogP contribution in [0.5, 0.6) is 11.5 Å². The number of aromatic nitrogens is 4. The Morgan fingerprint density at radius 1 is 1.22 bits per heavy atom. The maximum atomic E-state index is 12.0. The molecule has 7 nitrogen and oxygen atoms in total. The smallest absolute Gasteiger partial charge is 0.262 e. The van der Waals surface area contributed by atoms with Crippen LogP contribution in [0.4, 0.5) is 0 Å². The topological polar surface area (TPSA) is 82.0 Å². The summed E-state index contributed by atoms with van der Waals surface area (Å²) in [5, 5.41) is 4.52. The minimum atomic E-state index is -0.204. The third-order valence-electron chi connectivity index (χ3n) is 3.62. The van der Waals surface area contributed by atoms with Crippen LogP contribution < -0.4 is 15.0 Å². The predicted octanol–water partition coefficient (Wildman–Crippen LogP) is 1.60. The molecule has 1 aliphatic rings. The first kappa shape index (κ1) is 13.6. The molecule has 0 unspecified atom stereocenters. The van der Waals surface area contributed by atoms with E-state index in [1.165, 1.54) is 6.20 Å². The first-order chi connectivity index (χ1) is 11.2. The maximum absolute atomic E-state index is 12.0. The fourth-order valence-corrected chi connectivity index (χ4v) is 2.47. The van der Waals surface area contributed by atoms with E-state index in [0.29, 0.717) is 30.1 Å². The lowest BCUT2D eigenvalue weighted by Gasteiger charge is -2.18. The molecule has 0 bridgehead atoms. The molecule has 1 aliphatic heterocycles. The number of aryl methyl sites for hydroxylation is 1. The molecule has 0 saturated heterocycles. The summed E-state index contributed by atoms with van der Waals surface area (Å²) in [6.45, 7) is 1.12. The molecule has 0 radical (unpaired) electrons. The molecule has 2 aromatic heterocycles. The Labute approximate surface area is 131 Å². The van der Waals surface area contributed by atoms with Crippen LogP contribution in [0.2, 0.25) is 0 Å². The van der Waals surface area contributed by atoms with Crippen LogP contribution in [0.3, 0.4) is 0 Å². The minimum Gasteiger partial charge on any atom is -0.486 e.